The number of halogens is 10. The standard InChI is InChI=1S/C18H20FN3O2.3C2HF3O2/c19-16-4-2-7-21-17(16)24-15-9-18(23-12-15)5-8-22(13-18)11-14-3-1-6-20-10-14;3*3-2(4,5)1(6)7/h1-4,6-7,10,15H,5,8-9,11-13H2;3*(H,6,7)/t15-,18+;;;/m1.../s1. The average Bonchev–Trinajstić information content (AvgIpc) is 3.50. The minimum absolute atomic E-state index is 0.0633. The maximum Gasteiger partial charge on any atom is 0.490 e. The van der Waals surface area contributed by atoms with Gasteiger partial charge in [-0.05, 0) is 30.2 Å². The molecule has 4 rings (SSSR count). The SMILES string of the molecule is Fc1cccnc1O[C@H]1CO[C@@]2(CCN(Cc3cccnc3)C2)C1.O=C(O)C(F)(F)F.O=C(O)C(F)(F)F.O=C(O)C(F)(F)F. The van der Waals surface area contributed by atoms with Crippen molar-refractivity contribution in [1.29, 1.82) is 0 Å². The van der Waals surface area contributed by atoms with Gasteiger partial charge in [-0.1, -0.05) is 6.07 Å². The number of rotatable bonds is 4. The van der Waals surface area contributed by atoms with Crippen molar-refractivity contribution < 1.29 is 83.1 Å². The maximum atomic E-state index is 13.7. The lowest BCUT2D eigenvalue weighted by Crippen LogP contribution is -2.33. The van der Waals surface area contributed by atoms with Gasteiger partial charge in [-0.15, -0.1) is 0 Å². The quantitative estimate of drug-likeness (QED) is 0.398. The molecule has 2 aliphatic heterocycles. The highest BCUT2D eigenvalue weighted by molar-refractivity contribution is 5.73. The summed E-state index contributed by atoms with van der Waals surface area (Å²) in [6.45, 7) is 3.21. The number of likely N-dealkylation sites (tertiary alicyclic amines) is 1. The molecule has 2 aliphatic rings. The van der Waals surface area contributed by atoms with Crippen molar-refractivity contribution in [1.82, 2.24) is 14.9 Å². The molecule has 21 heteroatoms. The molecule has 0 saturated carbocycles. The van der Waals surface area contributed by atoms with E-state index in [2.05, 4.69) is 20.9 Å². The molecule has 0 aromatic carbocycles. The van der Waals surface area contributed by atoms with Gasteiger partial charge < -0.3 is 24.8 Å². The van der Waals surface area contributed by atoms with Gasteiger partial charge in [0.1, 0.15) is 6.10 Å². The van der Waals surface area contributed by atoms with Gasteiger partial charge in [0.15, 0.2) is 5.82 Å². The van der Waals surface area contributed by atoms with E-state index in [9.17, 15) is 43.9 Å². The fourth-order valence-corrected chi connectivity index (χ4v) is 3.59. The lowest BCUT2D eigenvalue weighted by Gasteiger charge is -2.23. The molecule has 4 heterocycles. The lowest BCUT2D eigenvalue weighted by atomic mass is 9.98. The summed E-state index contributed by atoms with van der Waals surface area (Å²) in [7, 11) is 0. The Hall–Kier alpha value is -4.27. The number of carboxylic acids is 3. The van der Waals surface area contributed by atoms with Crippen LogP contribution in [0.4, 0.5) is 43.9 Å². The van der Waals surface area contributed by atoms with Crippen molar-refractivity contribution in [3.8, 4) is 5.88 Å². The molecule has 0 aliphatic carbocycles. The number of hydrogen-bond donors (Lipinski definition) is 3. The van der Waals surface area contributed by atoms with Crippen LogP contribution in [0.15, 0.2) is 42.9 Å². The number of pyridine rings is 2. The number of ether oxygens (including phenoxy) is 2. The summed E-state index contributed by atoms with van der Waals surface area (Å²) in [5, 5.41) is 21.4. The maximum absolute atomic E-state index is 13.7. The summed E-state index contributed by atoms with van der Waals surface area (Å²) in [4.78, 5) is 37.2. The number of carboxylic acid groups (broad SMARTS) is 3. The highest BCUT2D eigenvalue weighted by Crippen LogP contribution is 2.37. The van der Waals surface area contributed by atoms with Gasteiger partial charge in [-0.2, -0.15) is 39.5 Å². The minimum atomic E-state index is -5.08. The van der Waals surface area contributed by atoms with Crippen LogP contribution < -0.4 is 4.74 Å². The molecule has 45 heavy (non-hydrogen) atoms. The third kappa shape index (κ3) is 14.4. The summed E-state index contributed by atoms with van der Waals surface area (Å²) < 4.78 is 121. The Morgan fingerprint density at radius 3 is 1.87 bits per heavy atom. The Labute approximate surface area is 246 Å². The van der Waals surface area contributed by atoms with Gasteiger partial charge >= 0.3 is 36.4 Å². The van der Waals surface area contributed by atoms with E-state index >= 15 is 0 Å². The first-order valence-corrected chi connectivity index (χ1v) is 12.0. The van der Waals surface area contributed by atoms with Gasteiger partial charge in [0.05, 0.1) is 12.2 Å². The molecular weight excluding hydrogens is 648 g/mol. The average molecular weight is 671 g/mol. The largest absolute Gasteiger partial charge is 0.490 e. The molecule has 3 N–H and O–H groups in total. The number of aliphatic carboxylic acids is 3. The fraction of sp³-hybridized carbons (Fsp3) is 0.458. The number of aromatic nitrogens is 2. The van der Waals surface area contributed by atoms with E-state index in [0.29, 0.717) is 6.61 Å². The summed E-state index contributed by atoms with van der Waals surface area (Å²) in [6, 6.07) is 6.96. The molecule has 0 bridgehead atoms. The third-order valence-corrected chi connectivity index (χ3v) is 5.43. The smallest absolute Gasteiger partial charge is 0.475 e. The second kappa shape index (κ2) is 16.2. The summed E-state index contributed by atoms with van der Waals surface area (Å²) in [6.07, 6.45) is -8.43. The van der Waals surface area contributed by atoms with E-state index in [1.54, 1.807) is 12.3 Å². The number of hydrogen-bond acceptors (Lipinski definition) is 8. The Balaban J connectivity index is 0.000000396. The van der Waals surface area contributed by atoms with E-state index in [1.807, 2.05) is 12.3 Å². The summed E-state index contributed by atoms with van der Waals surface area (Å²) >= 11 is 0. The topological polar surface area (TPSA) is 159 Å². The molecule has 11 nitrogen and oxygen atoms in total. The molecule has 2 saturated heterocycles. The van der Waals surface area contributed by atoms with Crippen LogP contribution in [0.2, 0.25) is 0 Å². The van der Waals surface area contributed by atoms with Gasteiger partial charge in [0.2, 0.25) is 0 Å². The Morgan fingerprint density at radius 1 is 0.911 bits per heavy atom. The normalized spacial score (nSPS) is 19.6. The zero-order valence-electron chi connectivity index (χ0n) is 22.4. The van der Waals surface area contributed by atoms with E-state index in [4.69, 9.17) is 39.2 Å². The van der Waals surface area contributed by atoms with E-state index < -0.39 is 42.3 Å². The second-order valence-corrected chi connectivity index (χ2v) is 8.96. The molecule has 0 amide bonds. The molecule has 2 aromatic rings. The molecule has 0 unspecified atom stereocenters. The van der Waals surface area contributed by atoms with Crippen molar-refractivity contribution in [2.24, 2.45) is 0 Å². The van der Waals surface area contributed by atoms with E-state index in [1.165, 1.54) is 17.8 Å². The molecule has 1 spiro atoms. The highest BCUT2D eigenvalue weighted by atomic mass is 19.4. The predicted molar refractivity (Wildman–Crippen MR) is 127 cm³/mol. The van der Waals surface area contributed by atoms with Crippen LogP contribution in [0, 0.1) is 5.82 Å². The Morgan fingerprint density at radius 2 is 1.42 bits per heavy atom. The Kier molecular flexibility index (Phi) is 13.9. The highest BCUT2D eigenvalue weighted by Gasteiger charge is 2.46. The number of carbonyl (C=O) groups is 3. The Bertz CT molecular complexity index is 1210. The van der Waals surface area contributed by atoms with Crippen molar-refractivity contribution in [2.75, 3.05) is 19.7 Å². The number of alkyl halides is 9. The predicted octanol–water partition coefficient (Wildman–Crippen LogP) is 4.33. The van der Waals surface area contributed by atoms with Crippen LogP contribution in [-0.2, 0) is 25.7 Å². The first-order valence-electron chi connectivity index (χ1n) is 12.0. The minimum Gasteiger partial charge on any atom is -0.475 e. The molecule has 2 aromatic heterocycles. The van der Waals surface area contributed by atoms with Gasteiger partial charge in [-0.3, -0.25) is 9.88 Å². The molecule has 2 atom stereocenters. The van der Waals surface area contributed by atoms with E-state index in [0.717, 1.165) is 32.5 Å². The van der Waals surface area contributed by atoms with Crippen molar-refractivity contribution in [3.05, 3.63) is 54.2 Å². The molecule has 252 valence electrons. The zero-order valence-corrected chi connectivity index (χ0v) is 22.4. The zero-order chi connectivity index (χ0) is 34.6. The van der Waals surface area contributed by atoms with Crippen LogP contribution in [-0.4, -0.2) is 98.0 Å². The van der Waals surface area contributed by atoms with Gasteiger partial charge in [0.25, 0.3) is 5.88 Å². The van der Waals surface area contributed by atoms with E-state index in [-0.39, 0.29) is 17.6 Å². The van der Waals surface area contributed by atoms with Crippen LogP contribution in [0.1, 0.15) is 18.4 Å². The monoisotopic (exact) mass is 671 g/mol. The van der Waals surface area contributed by atoms with Gasteiger partial charge in [-0.25, -0.2) is 23.8 Å². The first-order chi connectivity index (χ1) is 20.6. The van der Waals surface area contributed by atoms with Crippen molar-refractivity contribution >= 4 is 17.9 Å². The van der Waals surface area contributed by atoms with Crippen LogP contribution in [0.3, 0.4) is 0 Å². The second-order valence-electron chi connectivity index (χ2n) is 8.96. The first kappa shape index (κ1) is 38.8. The molecular formula is C24H23F10N3O8. The molecule has 2 fully saturated rings. The van der Waals surface area contributed by atoms with Crippen LogP contribution in [0.5, 0.6) is 5.88 Å². The van der Waals surface area contributed by atoms with Gasteiger partial charge in [0, 0.05) is 44.6 Å². The van der Waals surface area contributed by atoms with Crippen molar-refractivity contribution in [3.63, 3.8) is 0 Å². The molecule has 0 radical (unpaired) electrons. The van der Waals surface area contributed by atoms with Crippen LogP contribution >= 0.6 is 0 Å². The number of nitrogens with zero attached hydrogens (tertiary/aromatic N) is 3. The third-order valence-electron chi connectivity index (χ3n) is 5.43. The lowest BCUT2D eigenvalue weighted by molar-refractivity contribution is -0.193. The van der Waals surface area contributed by atoms with Crippen molar-refractivity contribution in [2.45, 2.75) is 49.6 Å². The fourth-order valence-electron chi connectivity index (χ4n) is 3.59. The van der Waals surface area contributed by atoms with Crippen LogP contribution in [0.25, 0.3) is 0 Å². The summed E-state index contributed by atoms with van der Waals surface area (Å²) in [5.41, 5.74) is 1.02. The summed E-state index contributed by atoms with van der Waals surface area (Å²) in [5.74, 6) is -8.64.